The molecule has 0 atom stereocenters. The molecule has 0 aliphatic carbocycles. The maximum absolute atomic E-state index is 12.8. The Kier molecular flexibility index (Phi) is 8.29. The first kappa shape index (κ1) is 25.0. The fraction of sp³-hybridized carbons (Fsp3) is 0.261. The second-order valence-corrected chi connectivity index (χ2v) is 9.08. The molecular weight excluding hydrogens is 489 g/mol. The van der Waals surface area contributed by atoms with E-state index in [9.17, 15) is 14.4 Å². The standard InChI is InChI=1S/C23H21Cl2NO6S/c1-13(2)32-21(27)12-31-18-7-4-14(8-19(18)30-3)9-20-22(28)26(23(29)33-20)11-15-5-6-16(24)10-17(15)25/h4-10,13H,11-12H2,1-3H3/b20-9-. The minimum Gasteiger partial charge on any atom is -0.493 e. The Hall–Kier alpha value is -2.68. The van der Waals surface area contributed by atoms with Crippen LogP contribution < -0.4 is 9.47 Å². The summed E-state index contributed by atoms with van der Waals surface area (Å²) < 4.78 is 15.9. The number of nitrogens with zero attached hydrogens (tertiary/aromatic N) is 1. The number of imide groups is 1. The summed E-state index contributed by atoms with van der Waals surface area (Å²) >= 11 is 12.9. The third-order valence-electron chi connectivity index (χ3n) is 4.42. The Bertz CT molecular complexity index is 1120. The normalized spacial score (nSPS) is 14.8. The van der Waals surface area contributed by atoms with Crippen LogP contribution in [0.25, 0.3) is 6.08 Å². The maximum Gasteiger partial charge on any atom is 0.344 e. The Labute approximate surface area is 205 Å². The molecule has 2 amide bonds. The van der Waals surface area contributed by atoms with E-state index in [1.54, 1.807) is 56.3 Å². The van der Waals surface area contributed by atoms with Gasteiger partial charge in [0, 0.05) is 10.0 Å². The van der Waals surface area contributed by atoms with Crippen LogP contribution in [0.15, 0.2) is 41.3 Å². The molecule has 0 bridgehead atoms. The number of hydrogen-bond donors (Lipinski definition) is 0. The van der Waals surface area contributed by atoms with Gasteiger partial charge in [-0.3, -0.25) is 14.5 Å². The minimum atomic E-state index is -0.495. The van der Waals surface area contributed by atoms with Gasteiger partial charge in [-0.2, -0.15) is 0 Å². The number of rotatable bonds is 8. The highest BCUT2D eigenvalue weighted by molar-refractivity contribution is 8.18. The monoisotopic (exact) mass is 509 g/mol. The third kappa shape index (κ3) is 6.43. The van der Waals surface area contributed by atoms with Gasteiger partial charge in [0.1, 0.15) is 0 Å². The second kappa shape index (κ2) is 11.0. The van der Waals surface area contributed by atoms with E-state index < -0.39 is 17.1 Å². The van der Waals surface area contributed by atoms with Crippen molar-refractivity contribution in [3.8, 4) is 11.5 Å². The first-order chi connectivity index (χ1) is 15.7. The van der Waals surface area contributed by atoms with E-state index in [4.69, 9.17) is 37.4 Å². The highest BCUT2D eigenvalue weighted by atomic mass is 35.5. The van der Waals surface area contributed by atoms with Gasteiger partial charge in [0.25, 0.3) is 11.1 Å². The molecule has 7 nitrogen and oxygen atoms in total. The lowest BCUT2D eigenvalue weighted by Gasteiger charge is -2.14. The quantitative estimate of drug-likeness (QED) is 0.339. The smallest absolute Gasteiger partial charge is 0.344 e. The number of carbonyl (C=O) groups is 3. The summed E-state index contributed by atoms with van der Waals surface area (Å²) in [4.78, 5) is 38.4. The van der Waals surface area contributed by atoms with E-state index in [0.717, 1.165) is 16.7 Å². The topological polar surface area (TPSA) is 82.1 Å². The summed E-state index contributed by atoms with van der Waals surface area (Å²) in [5.41, 5.74) is 1.24. The van der Waals surface area contributed by atoms with Crippen LogP contribution >= 0.6 is 35.0 Å². The van der Waals surface area contributed by atoms with Crippen molar-refractivity contribution >= 4 is 58.2 Å². The van der Waals surface area contributed by atoms with E-state index in [-0.39, 0.29) is 24.2 Å². The number of carbonyl (C=O) groups excluding carboxylic acids is 3. The van der Waals surface area contributed by atoms with Crippen molar-refractivity contribution in [2.45, 2.75) is 26.5 Å². The first-order valence-electron chi connectivity index (χ1n) is 9.87. The molecule has 1 saturated heterocycles. The SMILES string of the molecule is COc1cc(/C=C2\SC(=O)N(Cc3ccc(Cl)cc3Cl)C2=O)ccc1OCC(=O)OC(C)C. The van der Waals surface area contributed by atoms with Gasteiger partial charge in [-0.05, 0) is 67.1 Å². The highest BCUT2D eigenvalue weighted by Gasteiger charge is 2.35. The number of halogens is 2. The van der Waals surface area contributed by atoms with Gasteiger partial charge in [0.2, 0.25) is 0 Å². The van der Waals surface area contributed by atoms with Gasteiger partial charge >= 0.3 is 5.97 Å². The summed E-state index contributed by atoms with van der Waals surface area (Å²) in [5.74, 6) is -0.202. The summed E-state index contributed by atoms with van der Waals surface area (Å²) in [6.45, 7) is 3.28. The summed E-state index contributed by atoms with van der Waals surface area (Å²) in [6.07, 6.45) is 1.35. The van der Waals surface area contributed by atoms with Crippen LogP contribution in [-0.4, -0.2) is 41.8 Å². The van der Waals surface area contributed by atoms with E-state index in [1.807, 2.05) is 0 Å². The average Bonchev–Trinajstić information content (AvgIpc) is 3.01. The largest absolute Gasteiger partial charge is 0.493 e. The van der Waals surface area contributed by atoms with Crippen molar-refractivity contribution in [1.29, 1.82) is 0 Å². The van der Waals surface area contributed by atoms with Gasteiger partial charge in [-0.25, -0.2) is 4.79 Å². The number of ether oxygens (including phenoxy) is 3. The number of hydrogen-bond acceptors (Lipinski definition) is 7. The molecule has 1 aliphatic rings. The van der Waals surface area contributed by atoms with Crippen LogP contribution in [0.5, 0.6) is 11.5 Å². The predicted octanol–water partition coefficient (Wildman–Crippen LogP) is 5.57. The van der Waals surface area contributed by atoms with Crippen molar-refractivity contribution in [2.24, 2.45) is 0 Å². The van der Waals surface area contributed by atoms with Crippen molar-refractivity contribution in [2.75, 3.05) is 13.7 Å². The summed E-state index contributed by atoms with van der Waals surface area (Å²) in [5, 5.41) is 0.451. The van der Waals surface area contributed by atoms with E-state index in [1.165, 1.54) is 7.11 Å². The molecule has 174 valence electrons. The average molecular weight is 510 g/mol. The van der Waals surface area contributed by atoms with Gasteiger partial charge in [0.15, 0.2) is 18.1 Å². The van der Waals surface area contributed by atoms with Crippen molar-refractivity contribution < 1.29 is 28.6 Å². The number of methoxy groups -OCH3 is 1. The van der Waals surface area contributed by atoms with Crippen LogP contribution in [0.1, 0.15) is 25.0 Å². The van der Waals surface area contributed by atoms with Crippen molar-refractivity contribution in [3.63, 3.8) is 0 Å². The molecule has 0 radical (unpaired) electrons. The zero-order valence-corrected chi connectivity index (χ0v) is 20.4. The Morgan fingerprint density at radius 2 is 1.88 bits per heavy atom. The van der Waals surface area contributed by atoms with E-state index >= 15 is 0 Å². The zero-order valence-electron chi connectivity index (χ0n) is 18.1. The molecular formula is C23H21Cl2NO6S. The third-order valence-corrected chi connectivity index (χ3v) is 5.91. The molecule has 2 aromatic carbocycles. The fourth-order valence-electron chi connectivity index (χ4n) is 2.93. The Morgan fingerprint density at radius 3 is 2.55 bits per heavy atom. The predicted molar refractivity (Wildman–Crippen MR) is 128 cm³/mol. The maximum atomic E-state index is 12.8. The number of thioether (sulfide) groups is 1. The molecule has 1 fully saturated rings. The lowest BCUT2D eigenvalue weighted by Crippen LogP contribution is -2.27. The van der Waals surface area contributed by atoms with Crippen LogP contribution in [-0.2, 0) is 20.9 Å². The molecule has 1 heterocycles. The minimum absolute atomic E-state index is 0.0422. The molecule has 2 aromatic rings. The fourth-order valence-corrected chi connectivity index (χ4v) is 4.24. The highest BCUT2D eigenvalue weighted by Crippen LogP contribution is 2.36. The summed E-state index contributed by atoms with van der Waals surface area (Å²) in [7, 11) is 1.46. The molecule has 3 rings (SSSR count). The first-order valence-corrected chi connectivity index (χ1v) is 11.4. The molecule has 1 aliphatic heterocycles. The number of amides is 2. The van der Waals surface area contributed by atoms with Gasteiger partial charge < -0.3 is 14.2 Å². The van der Waals surface area contributed by atoms with Crippen molar-refractivity contribution in [1.82, 2.24) is 4.90 Å². The lowest BCUT2D eigenvalue weighted by atomic mass is 10.1. The lowest BCUT2D eigenvalue weighted by molar-refractivity contribution is -0.149. The number of esters is 1. The van der Waals surface area contributed by atoms with Gasteiger partial charge in [-0.1, -0.05) is 35.3 Å². The van der Waals surface area contributed by atoms with Crippen LogP contribution in [0.3, 0.4) is 0 Å². The second-order valence-electron chi connectivity index (χ2n) is 7.24. The Morgan fingerprint density at radius 1 is 1.12 bits per heavy atom. The van der Waals surface area contributed by atoms with Gasteiger partial charge in [0.05, 0.1) is 24.7 Å². The van der Waals surface area contributed by atoms with E-state index in [2.05, 4.69) is 0 Å². The summed E-state index contributed by atoms with van der Waals surface area (Å²) in [6, 6.07) is 9.84. The molecule has 0 spiro atoms. The zero-order chi connectivity index (χ0) is 24.1. The molecule has 0 N–H and O–H groups in total. The molecule has 10 heteroatoms. The molecule has 0 saturated carbocycles. The van der Waals surface area contributed by atoms with E-state index in [0.29, 0.717) is 32.7 Å². The molecule has 33 heavy (non-hydrogen) atoms. The van der Waals surface area contributed by atoms with Crippen molar-refractivity contribution in [3.05, 3.63) is 62.5 Å². The Balaban J connectivity index is 1.74. The van der Waals surface area contributed by atoms with Crippen LogP contribution in [0.4, 0.5) is 4.79 Å². The van der Waals surface area contributed by atoms with Crippen LogP contribution in [0.2, 0.25) is 10.0 Å². The van der Waals surface area contributed by atoms with Crippen LogP contribution in [0, 0.1) is 0 Å². The molecule has 0 unspecified atom stereocenters. The number of benzene rings is 2. The molecule has 0 aromatic heterocycles. The van der Waals surface area contributed by atoms with Gasteiger partial charge in [-0.15, -0.1) is 0 Å².